The topological polar surface area (TPSA) is 50.4 Å². The van der Waals surface area contributed by atoms with Crippen LogP contribution >= 0.6 is 15.9 Å². The Hall–Kier alpha value is -0.770. The summed E-state index contributed by atoms with van der Waals surface area (Å²) in [5.41, 5.74) is -0.435. The summed E-state index contributed by atoms with van der Waals surface area (Å²) in [5, 5.41) is 8.90. The molecular weight excluding hydrogens is 200 g/mol. The number of rotatable bonds is 0. The van der Waals surface area contributed by atoms with Gasteiger partial charge in [-0.1, -0.05) is 0 Å². The third-order valence-electron chi connectivity index (χ3n) is 1.06. The average molecular weight is 205 g/mol. The summed E-state index contributed by atoms with van der Waals surface area (Å²) in [5.74, 6) is -0.109. The zero-order chi connectivity index (χ0) is 7.72. The molecule has 0 aliphatic heterocycles. The third kappa shape index (κ3) is 1.21. The zero-order valence-electron chi connectivity index (χ0n) is 5.22. The average Bonchev–Trinajstić information content (AvgIpc) is 1.82. The Bertz CT molecular complexity index is 302. The molecule has 0 atom stereocenters. The summed E-state index contributed by atoms with van der Waals surface area (Å²) in [4.78, 5) is 10.7. The van der Waals surface area contributed by atoms with Crippen LogP contribution < -0.4 is 5.43 Å². The molecule has 0 fully saturated rings. The summed E-state index contributed by atoms with van der Waals surface area (Å²) < 4.78 is 5.18. The largest absolute Gasteiger partial charge is 0.502 e. The molecule has 0 saturated heterocycles. The Morgan fingerprint density at radius 3 is 2.80 bits per heavy atom. The molecule has 10 heavy (non-hydrogen) atoms. The Balaban J connectivity index is 3.46. The number of aryl methyl sites for hydroxylation is 1. The van der Waals surface area contributed by atoms with E-state index in [-0.39, 0.29) is 11.5 Å². The van der Waals surface area contributed by atoms with E-state index in [2.05, 4.69) is 15.9 Å². The maximum Gasteiger partial charge on any atom is 0.227 e. The van der Waals surface area contributed by atoms with E-state index in [9.17, 15) is 4.79 Å². The van der Waals surface area contributed by atoms with Crippen LogP contribution in [0.1, 0.15) is 5.76 Å². The summed E-state index contributed by atoms with van der Waals surface area (Å²) in [6.07, 6.45) is 0. The molecule has 0 unspecified atom stereocenters. The van der Waals surface area contributed by atoms with E-state index in [0.29, 0.717) is 4.67 Å². The fraction of sp³-hybridized carbons (Fsp3) is 0.167. The van der Waals surface area contributed by atoms with E-state index in [0.717, 1.165) is 0 Å². The lowest BCUT2D eigenvalue weighted by Gasteiger charge is -1.95. The van der Waals surface area contributed by atoms with Gasteiger partial charge < -0.3 is 9.52 Å². The lowest BCUT2D eigenvalue weighted by molar-refractivity contribution is 0.402. The second-order valence-corrected chi connectivity index (χ2v) is 2.60. The van der Waals surface area contributed by atoms with Gasteiger partial charge in [-0.2, -0.15) is 0 Å². The smallest absolute Gasteiger partial charge is 0.227 e. The van der Waals surface area contributed by atoms with Crippen molar-refractivity contribution < 1.29 is 9.52 Å². The van der Waals surface area contributed by atoms with E-state index in [1.807, 2.05) is 0 Å². The number of aromatic hydroxyl groups is 1. The molecule has 1 heterocycles. The standard InChI is InChI=1S/C6H5BrO3/c1-3-6(9)4(8)2-5(7)10-3/h2,9H,1H3. The Morgan fingerprint density at radius 1 is 1.70 bits per heavy atom. The van der Waals surface area contributed by atoms with Crippen molar-refractivity contribution in [1.82, 2.24) is 0 Å². The molecule has 1 aromatic rings. The molecule has 0 saturated carbocycles. The van der Waals surface area contributed by atoms with Crippen LogP contribution in [0.5, 0.6) is 5.75 Å². The van der Waals surface area contributed by atoms with Gasteiger partial charge in [0.05, 0.1) is 0 Å². The van der Waals surface area contributed by atoms with Crippen molar-refractivity contribution >= 4 is 15.9 Å². The van der Waals surface area contributed by atoms with Crippen LogP contribution in [0.3, 0.4) is 0 Å². The molecule has 0 amide bonds. The first-order valence-electron chi connectivity index (χ1n) is 2.60. The van der Waals surface area contributed by atoms with E-state index < -0.39 is 5.43 Å². The van der Waals surface area contributed by atoms with Crippen molar-refractivity contribution in [3.8, 4) is 5.75 Å². The zero-order valence-corrected chi connectivity index (χ0v) is 6.81. The summed E-state index contributed by atoms with van der Waals surface area (Å²) in [6.45, 7) is 1.52. The Kier molecular flexibility index (Phi) is 1.80. The van der Waals surface area contributed by atoms with E-state index in [1.165, 1.54) is 13.0 Å². The second kappa shape index (κ2) is 2.46. The highest BCUT2D eigenvalue weighted by Crippen LogP contribution is 2.15. The predicted octanol–water partition coefficient (Wildman–Crippen LogP) is 1.42. The van der Waals surface area contributed by atoms with Crippen LogP contribution in [0.4, 0.5) is 0 Å². The lowest BCUT2D eigenvalue weighted by atomic mass is 10.4. The van der Waals surface area contributed by atoms with Gasteiger partial charge in [0.15, 0.2) is 4.67 Å². The molecule has 0 bridgehead atoms. The van der Waals surface area contributed by atoms with Gasteiger partial charge in [-0.15, -0.1) is 0 Å². The SMILES string of the molecule is Cc1oc(Br)cc(=O)c1O. The molecule has 0 spiro atoms. The highest BCUT2D eigenvalue weighted by Gasteiger charge is 2.03. The fourth-order valence-corrected chi connectivity index (χ4v) is 1.02. The molecule has 1 N–H and O–H groups in total. The molecule has 0 radical (unpaired) electrons. The molecule has 54 valence electrons. The van der Waals surface area contributed by atoms with E-state index in [1.54, 1.807) is 0 Å². The van der Waals surface area contributed by atoms with Crippen LogP contribution in [0.2, 0.25) is 0 Å². The van der Waals surface area contributed by atoms with Crippen LogP contribution in [0, 0.1) is 6.92 Å². The first-order chi connectivity index (χ1) is 4.61. The molecule has 3 nitrogen and oxygen atoms in total. The van der Waals surface area contributed by atoms with Crippen molar-refractivity contribution in [3.05, 3.63) is 26.7 Å². The van der Waals surface area contributed by atoms with Gasteiger partial charge >= 0.3 is 0 Å². The maximum atomic E-state index is 10.7. The number of hydrogen-bond acceptors (Lipinski definition) is 3. The summed E-state index contributed by atoms with van der Waals surface area (Å²) >= 11 is 2.97. The minimum Gasteiger partial charge on any atom is -0.502 e. The second-order valence-electron chi connectivity index (χ2n) is 1.82. The van der Waals surface area contributed by atoms with Crippen LogP contribution in [-0.4, -0.2) is 5.11 Å². The van der Waals surface area contributed by atoms with Crippen LogP contribution in [-0.2, 0) is 0 Å². The van der Waals surface area contributed by atoms with Crippen molar-refractivity contribution in [1.29, 1.82) is 0 Å². The molecule has 0 aromatic carbocycles. The minimum absolute atomic E-state index is 0.222. The van der Waals surface area contributed by atoms with Gasteiger partial charge in [0, 0.05) is 6.07 Å². The van der Waals surface area contributed by atoms with Crippen molar-refractivity contribution in [2.45, 2.75) is 6.92 Å². The van der Waals surface area contributed by atoms with Gasteiger partial charge in [-0.05, 0) is 22.9 Å². The number of halogens is 1. The van der Waals surface area contributed by atoms with Gasteiger partial charge in [-0.3, -0.25) is 4.79 Å². The van der Waals surface area contributed by atoms with Gasteiger partial charge in [0.25, 0.3) is 0 Å². The molecular formula is C6H5BrO3. The van der Waals surface area contributed by atoms with Gasteiger partial charge in [-0.25, -0.2) is 0 Å². The van der Waals surface area contributed by atoms with Gasteiger partial charge in [0.1, 0.15) is 5.76 Å². The van der Waals surface area contributed by atoms with Crippen molar-refractivity contribution in [3.63, 3.8) is 0 Å². The number of hydrogen-bond donors (Lipinski definition) is 1. The predicted molar refractivity (Wildman–Crippen MR) is 39.1 cm³/mol. The van der Waals surface area contributed by atoms with E-state index >= 15 is 0 Å². The minimum atomic E-state index is -0.435. The summed E-state index contributed by atoms with van der Waals surface area (Å²) in [6, 6.07) is 1.17. The molecule has 0 aliphatic carbocycles. The molecule has 1 rings (SSSR count). The van der Waals surface area contributed by atoms with E-state index in [4.69, 9.17) is 9.52 Å². The molecule has 4 heteroatoms. The van der Waals surface area contributed by atoms with Crippen LogP contribution in [0.15, 0.2) is 19.9 Å². The van der Waals surface area contributed by atoms with Crippen molar-refractivity contribution in [2.75, 3.05) is 0 Å². The lowest BCUT2D eigenvalue weighted by Crippen LogP contribution is -1.98. The molecule has 1 aromatic heterocycles. The van der Waals surface area contributed by atoms with Crippen molar-refractivity contribution in [2.24, 2.45) is 0 Å². The highest BCUT2D eigenvalue weighted by molar-refractivity contribution is 9.10. The fourth-order valence-electron chi connectivity index (χ4n) is 0.569. The summed E-state index contributed by atoms with van der Waals surface area (Å²) in [7, 11) is 0. The first-order valence-corrected chi connectivity index (χ1v) is 3.40. The third-order valence-corrected chi connectivity index (χ3v) is 1.45. The van der Waals surface area contributed by atoms with Gasteiger partial charge in [0.2, 0.25) is 11.2 Å². The first kappa shape index (κ1) is 7.34. The highest BCUT2D eigenvalue weighted by atomic mass is 79.9. The molecule has 0 aliphatic rings. The van der Waals surface area contributed by atoms with Crippen LogP contribution in [0.25, 0.3) is 0 Å². The monoisotopic (exact) mass is 204 g/mol. The quantitative estimate of drug-likeness (QED) is 0.696. The Morgan fingerprint density at radius 2 is 2.30 bits per heavy atom. The maximum absolute atomic E-state index is 10.7. The Labute approximate surface area is 65.4 Å². The normalized spacial score (nSPS) is 9.80.